The second-order valence-electron chi connectivity index (χ2n) is 7.30. The largest absolute Gasteiger partial charge is 0.373 e. The fourth-order valence-corrected chi connectivity index (χ4v) is 4.49. The van der Waals surface area contributed by atoms with Crippen molar-refractivity contribution in [3.63, 3.8) is 0 Å². The number of rotatable bonds is 2. The van der Waals surface area contributed by atoms with Gasteiger partial charge in [0.15, 0.2) is 0 Å². The van der Waals surface area contributed by atoms with E-state index in [0.29, 0.717) is 22.2 Å². The Bertz CT molecular complexity index is 883. The number of hydrogen-bond donors (Lipinski definition) is 3. The second-order valence-corrected chi connectivity index (χ2v) is 7.70. The molecule has 0 saturated heterocycles. The number of halogens is 1. The number of aromatic nitrogens is 3. The van der Waals surface area contributed by atoms with Crippen LogP contribution in [-0.4, -0.2) is 19.6 Å². The number of nitrogens with zero attached hydrogens (tertiary/aromatic N) is 3. The van der Waals surface area contributed by atoms with E-state index >= 15 is 0 Å². The average Bonchev–Trinajstić information content (AvgIpc) is 3.03. The molecular weight excluding hydrogens is 342 g/mol. The monoisotopic (exact) mass is 361 g/mol. The predicted octanol–water partition coefficient (Wildman–Crippen LogP) is 2.49. The summed E-state index contributed by atoms with van der Waals surface area (Å²) >= 11 is 6.43. The quantitative estimate of drug-likeness (QED) is 0.761. The topological polar surface area (TPSA) is 92.1 Å². The summed E-state index contributed by atoms with van der Waals surface area (Å²) in [6.07, 6.45) is 4.72. The molecule has 2 aliphatic rings. The number of anilines is 2. The number of hydrogen-bond acceptors (Lipinski definition) is 6. The van der Waals surface area contributed by atoms with Gasteiger partial charge in [0.05, 0.1) is 10.7 Å². The van der Waals surface area contributed by atoms with E-state index in [0.717, 1.165) is 19.3 Å². The van der Waals surface area contributed by atoms with Crippen molar-refractivity contribution in [3.05, 3.63) is 45.7 Å². The molecule has 1 spiro atoms. The lowest BCUT2D eigenvalue weighted by Gasteiger charge is -2.40. The Kier molecular flexibility index (Phi) is 3.64. The van der Waals surface area contributed by atoms with E-state index in [1.165, 1.54) is 6.33 Å². The maximum atomic E-state index is 13.3. The summed E-state index contributed by atoms with van der Waals surface area (Å²) in [6, 6.07) is 3.22. The molecular formula is C17H20ClN5O2. The molecule has 132 valence electrons. The van der Waals surface area contributed by atoms with Crippen molar-refractivity contribution >= 4 is 23.1 Å². The fraction of sp³-hybridized carbons (Fsp3) is 0.471. The highest BCUT2D eigenvalue weighted by molar-refractivity contribution is 6.31. The van der Waals surface area contributed by atoms with E-state index < -0.39 is 11.9 Å². The van der Waals surface area contributed by atoms with E-state index in [9.17, 15) is 9.90 Å². The highest BCUT2D eigenvalue weighted by atomic mass is 35.5. The van der Waals surface area contributed by atoms with Gasteiger partial charge in [0.25, 0.3) is 5.56 Å². The third-order valence-electron chi connectivity index (χ3n) is 5.51. The van der Waals surface area contributed by atoms with Crippen molar-refractivity contribution < 1.29 is 5.11 Å². The van der Waals surface area contributed by atoms with Gasteiger partial charge < -0.3 is 10.4 Å². The van der Waals surface area contributed by atoms with Crippen LogP contribution < -0.4 is 16.2 Å². The maximum absolute atomic E-state index is 13.3. The van der Waals surface area contributed by atoms with Crippen LogP contribution in [-0.2, 0) is 5.66 Å². The van der Waals surface area contributed by atoms with Crippen LogP contribution in [0.15, 0.2) is 29.5 Å². The average molecular weight is 362 g/mol. The molecule has 2 unspecified atom stereocenters. The van der Waals surface area contributed by atoms with E-state index in [-0.39, 0.29) is 11.0 Å². The number of pyridine rings is 1. The molecule has 0 bridgehead atoms. The summed E-state index contributed by atoms with van der Waals surface area (Å²) < 4.78 is 1.65. The molecule has 0 aromatic carbocycles. The van der Waals surface area contributed by atoms with Crippen molar-refractivity contribution in [2.24, 2.45) is 5.41 Å². The first-order valence-corrected chi connectivity index (χ1v) is 8.68. The lowest BCUT2D eigenvalue weighted by Crippen LogP contribution is -2.53. The van der Waals surface area contributed by atoms with Crippen molar-refractivity contribution in [1.82, 2.24) is 19.9 Å². The molecule has 4 rings (SSSR count). The van der Waals surface area contributed by atoms with Crippen LogP contribution in [0.25, 0.3) is 0 Å². The normalized spacial score (nSPS) is 26.8. The first-order valence-electron chi connectivity index (χ1n) is 8.30. The molecule has 1 fully saturated rings. The molecule has 2 atom stereocenters. The van der Waals surface area contributed by atoms with Crippen LogP contribution in [0.1, 0.15) is 45.0 Å². The van der Waals surface area contributed by atoms with Crippen LogP contribution in [0.4, 0.5) is 11.5 Å². The molecule has 0 amide bonds. The molecule has 1 aliphatic carbocycles. The van der Waals surface area contributed by atoms with E-state index in [2.05, 4.69) is 34.4 Å². The molecule has 25 heavy (non-hydrogen) atoms. The smallest absolute Gasteiger partial charge is 0.276 e. The third kappa shape index (κ3) is 2.30. The summed E-state index contributed by atoms with van der Waals surface area (Å²) in [5.74, 6) is 0.509. The maximum Gasteiger partial charge on any atom is 0.276 e. The lowest BCUT2D eigenvalue weighted by molar-refractivity contribution is 0.0401. The van der Waals surface area contributed by atoms with Gasteiger partial charge in [0.2, 0.25) is 0 Å². The Hall–Kier alpha value is -1.96. The van der Waals surface area contributed by atoms with Crippen molar-refractivity contribution in [3.8, 4) is 0 Å². The summed E-state index contributed by atoms with van der Waals surface area (Å²) in [6.45, 7) is 4.22. The third-order valence-corrected chi connectivity index (χ3v) is 5.81. The first kappa shape index (κ1) is 16.5. The van der Waals surface area contributed by atoms with E-state index in [1.54, 1.807) is 22.9 Å². The molecule has 0 radical (unpaired) electrons. The van der Waals surface area contributed by atoms with Gasteiger partial charge in [0.1, 0.15) is 29.7 Å². The van der Waals surface area contributed by atoms with Gasteiger partial charge in [-0.3, -0.25) is 14.7 Å². The Morgan fingerprint density at radius 3 is 2.88 bits per heavy atom. The Labute approximate surface area is 150 Å². The Morgan fingerprint density at radius 1 is 1.44 bits per heavy atom. The molecule has 3 heterocycles. The molecule has 1 aliphatic heterocycles. The standard InChI is InChI=1S/C17H20ClN5O2/c1-16(2)5-3-6-17(16)22-14(24)13-10(18)8-11(15(25)23(13)17)21-12-4-7-19-9-20-12/h4,7-9,14,22,24H,3,5-6H2,1-2H3,(H,19,20,21). The minimum Gasteiger partial charge on any atom is -0.373 e. The van der Waals surface area contributed by atoms with Crippen LogP contribution in [0.5, 0.6) is 0 Å². The van der Waals surface area contributed by atoms with Crippen LogP contribution in [0.3, 0.4) is 0 Å². The summed E-state index contributed by atoms with van der Waals surface area (Å²) in [5.41, 5.74) is -0.316. The zero-order valence-electron chi connectivity index (χ0n) is 14.1. The van der Waals surface area contributed by atoms with Gasteiger partial charge in [-0.05, 0) is 31.4 Å². The van der Waals surface area contributed by atoms with E-state index in [1.807, 2.05) is 0 Å². The van der Waals surface area contributed by atoms with Gasteiger partial charge in [-0.2, -0.15) is 0 Å². The Morgan fingerprint density at radius 2 is 2.24 bits per heavy atom. The highest BCUT2D eigenvalue weighted by Crippen LogP contribution is 2.53. The second kappa shape index (κ2) is 5.52. The fourth-order valence-electron chi connectivity index (χ4n) is 4.20. The summed E-state index contributed by atoms with van der Waals surface area (Å²) in [7, 11) is 0. The minimum atomic E-state index is -0.967. The van der Waals surface area contributed by atoms with Gasteiger partial charge in [-0.15, -0.1) is 0 Å². The number of aliphatic hydroxyl groups excluding tert-OH is 1. The van der Waals surface area contributed by atoms with Gasteiger partial charge in [-0.1, -0.05) is 25.4 Å². The number of aliphatic hydroxyl groups is 1. The minimum absolute atomic E-state index is 0.195. The molecule has 2 aromatic rings. The zero-order chi connectivity index (χ0) is 17.8. The number of fused-ring (bicyclic) bond motifs is 2. The van der Waals surface area contributed by atoms with Crippen molar-refractivity contribution in [2.45, 2.75) is 45.0 Å². The SMILES string of the molecule is CC1(C)CCCC12NC(O)c1c(Cl)cc(Nc3ccncn3)c(=O)n12. The molecule has 2 aromatic heterocycles. The summed E-state index contributed by atoms with van der Waals surface area (Å²) in [4.78, 5) is 21.2. The summed E-state index contributed by atoms with van der Waals surface area (Å²) in [5, 5.41) is 17.1. The first-order chi connectivity index (χ1) is 11.9. The van der Waals surface area contributed by atoms with Gasteiger partial charge >= 0.3 is 0 Å². The van der Waals surface area contributed by atoms with Crippen LogP contribution in [0.2, 0.25) is 5.02 Å². The Balaban J connectivity index is 1.90. The molecule has 3 N–H and O–H groups in total. The van der Waals surface area contributed by atoms with Gasteiger partial charge in [0, 0.05) is 11.6 Å². The predicted molar refractivity (Wildman–Crippen MR) is 94.7 cm³/mol. The lowest BCUT2D eigenvalue weighted by atomic mass is 9.81. The van der Waals surface area contributed by atoms with Crippen molar-refractivity contribution in [1.29, 1.82) is 0 Å². The van der Waals surface area contributed by atoms with Gasteiger partial charge in [-0.25, -0.2) is 9.97 Å². The van der Waals surface area contributed by atoms with Crippen molar-refractivity contribution in [2.75, 3.05) is 5.32 Å². The zero-order valence-corrected chi connectivity index (χ0v) is 14.8. The van der Waals surface area contributed by atoms with E-state index in [4.69, 9.17) is 11.6 Å². The number of nitrogens with one attached hydrogen (secondary N) is 2. The van der Waals surface area contributed by atoms with Crippen LogP contribution in [0, 0.1) is 5.41 Å². The molecule has 8 heteroatoms. The van der Waals surface area contributed by atoms with Crippen LogP contribution >= 0.6 is 11.6 Å². The molecule has 7 nitrogen and oxygen atoms in total. The highest BCUT2D eigenvalue weighted by Gasteiger charge is 2.56. The molecule has 1 saturated carbocycles.